The summed E-state index contributed by atoms with van der Waals surface area (Å²) in [6, 6.07) is 6.31. The van der Waals surface area contributed by atoms with E-state index in [-0.39, 0.29) is 5.56 Å². The summed E-state index contributed by atoms with van der Waals surface area (Å²) < 4.78 is 20.2. The van der Waals surface area contributed by atoms with Crippen LogP contribution in [0.1, 0.15) is 5.56 Å². The first-order valence-corrected chi connectivity index (χ1v) is 6.95. The van der Waals surface area contributed by atoms with E-state index >= 15 is 0 Å². The van der Waals surface area contributed by atoms with Crippen molar-refractivity contribution in [2.45, 2.75) is 5.97 Å². The van der Waals surface area contributed by atoms with Crippen LogP contribution in [-0.2, 0) is 19.6 Å². The first kappa shape index (κ1) is 14.3. The number of rotatable bonds is 5. The summed E-state index contributed by atoms with van der Waals surface area (Å²) in [7, 11) is -4.15. The van der Waals surface area contributed by atoms with Crippen LogP contribution >= 0.6 is 39.9 Å². The Morgan fingerprint density at radius 3 is 2.69 bits per heavy atom. The molecule has 3 unspecified atom stereocenters. The lowest BCUT2D eigenvalue weighted by Gasteiger charge is -2.19. The molecule has 6 nitrogen and oxygen atoms in total. The molecule has 0 saturated heterocycles. The van der Waals surface area contributed by atoms with Crippen LogP contribution in [0.3, 0.4) is 0 Å². The Morgan fingerprint density at radius 1 is 1.50 bits per heavy atom. The van der Waals surface area contributed by atoms with Crippen molar-refractivity contribution in [3.63, 3.8) is 0 Å². The minimum absolute atomic E-state index is 0.123. The van der Waals surface area contributed by atoms with Crippen LogP contribution in [0.5, 0.6) is 0 Å². The second kappa shape index (κ2) is 6.28. The van der Waals surface area contributed by atoms with Gasteiger partial charge < -0.3 is 10.00 Å². The highest BCUT2D eigenvalue weighted by Crippen LogP contribution is 2.37. The van der Waals surface area contributed by atoms with Gasteiger partial charge in [0.15, 0.2) is 9.03 Å². The van der Waals surface area contributed by atoms with E-state index in [0.29, 0.717) is 0 Å². The third kappa shape index (κ3) is 3.94. The van der Waals surface area contributed by atoms with E-state index in [1.54, 1.807) is 12.1 Å². The van der Waals surface area contributed by atoms with Crippen molar-refractivity contribution in [1.29, 1.82) is 0 Å². The molecule has 0 spiro atoms. The Balaban J connectivity index is 3.05. The second-order valence-corrected chi connectivity index (χ2v) is 4.91. The van der Waals surface area contributed by atoms with Crippen molar-refractivity contribution in [1.82, 2.24) is 0 Å². The third-order valence-electron chi connectivity index (χ3n) is 1.58. The minimum Gasteiger partial charge on any atom is -0.352 e. The van der Waals surface area contributed by atoms with Gasteiger partial charge in [0.2, 0.25) is 0 Å². The molecule has 0 radical (unpaired) electrons. The number of hydrogen-bond donors (Lipinski definition) is 3. The molecule has 3 atom stereocenters. The maximum absolute atomic E-state index is 10.6. The van der Waals surface area contributed by atoms with E-state index in [1.165, 1.54) is 12.1 Å². The number of hydrogen-bond acceptors (Lipinski definition) is 5. The van der Waals surface area contributed by atoms with E-state index in [2.05, 4.69) is 9.05 Å². The van der Waals surface area contributed by atoms with Crippen LogP contribution in [0.15, 0.2) is 24.3 Å². The SMILES string of the molecule is O=[P+](O)OC(O)(OPO)c1cccc(I)c1. The van der Waals surface area contributed by atoms with Gasteiger partial charge in [-0.15, -0.1) is 4.89 Å². The van der Waals surface area contributed by atoms with Gasteiger partial charge in [0, 0.05) is 13.7 Å². The summed E-state index contributed by atoms with van der Waals surface area (Å²) >= 11 is 1.99. The number of aliphatic hydroxyl groups is 1. The zero-order chi connectivity index (χ0) is 12.2. The first-order chi connectivity index (χ1) is 7.48. The molecule has 16 heavy (non-hydrogen) atoms. The molecule has 1 rings (SSSR count). The van der Waals surface area contributed by atoms with Gasteiger partial charge in [-0.2, -0.15) is 0 Å². The van der Waals surface area contributed by atoms with Crippen LogP contribution < -0.4 is 0 Å². The van der Waals surface area contributed by atoms with Crippen molar-refractivity contribution in [2.75, 3.05) is 0 Å². The molecule has 0 aliphatic carbocycles. The van der Waals surface area contributed by atoms with Crippen LogP contribution in [0.25, 0.3) is 0 Å². The van der Waals surface area contributed by atoms with Crippen LogP contribution in [0.4, 0.5) is 0 Å². The molecule has 9 heteroatoms. The molecular weight excluding hydrogens is 369 g/mol. The van der Waals surface area contributed by atoms with Crippen molar-refractivity contribution >= 4 is 39.9 Å². The Labute approximate surface area is 108 Å². The third-order valence-corrected chi connectivity index (χ3v) is 3.02. The number of benzene rings is 1. The molecule has 1 aromatic rings. The molecule has 0 fully saturated rings. The van der Waals surface area contributed by atoms with Crippen LogP contribution in [0.2, 0.25) is 0 Å². The van der Waals surface area contributed by atoms with Crippen molar-refractivity contribution in [2.24, 2.45) is 0 Å². The fourth-order valence-electron chi connectivity index (χ4n) is 0.983. The van der Waals surface area contributed by atoms with Gasteiger partial charge in [-0.1, -0.05) is 12.1 Å². The summed E-state index contributed by atoms with van der Waals surface area (Å²) in [5.41, 5.74) is 0.123. The summed E-state index contributed by atoms with van der Waals surface area (Å²) in [5, 5.41) is 9.83. The Morgan fingerprint density at radius 2 is 2.19 bits per heavy atom. The topological polar surface area (TPSA) is 96.2 Å². The predicted octanol–water partition coefficient (Wildman–Crippen LogP) is 1.58. The van der Waals surface area contributed by atoms with Gasteiger partial charge in [-0.05, 0) is 39.2 Å². The van der Waals surface area contributed by atoms with Crippen molar-refractivity contribution in [3.05, 3.63) is 33.4 Å². The molecule has 88 valence electrons. The first-order valence-electron chi connectivity index (χ1n) is 3.89. The Bertz CT molecular complexity index is 389. The fraction of sp³-hybridized carbons (Fsp3) is 0.143. The Hall–Kier alpha value is 0.280. The fourth-order valence-corrected chi connectivity index (χ4v) is 2.23. The van der Waals surface area contributed by atoms with E-state index in [9.17, 15) is 9.67 Å². The lowest BCUT2D eigenvalue weighted by molar-refractivity contribution is -0.282. The maximum Gasteiger partial charge on any atom is 0.700 e. The quantitative estimate of drug-likeness (QED) is 0.410. The monoisotopic (exact) mass is 377 g/mol. The average molecular weight is 377 g/mol. The summed E-state index contributed by atoms with van der Waals surface area (Å²) in [5.74, 6) is -2.42. The smallest absolute Gasteiger partial charge is 0.352 e. The van der Waals surface area contributed by atoms with Gasteiger partial charge >= 0.3 is 14.2 Å². The zero-order valence-electron chi connectivity index (χ0n) is 7.70. The number of halogens is 1. The van der Waals surface area contributed by atoms with Gasteiger partial charge in [0.05, 0.1) is 0 Å². The van der Waals surface area contributed by atoms with Crippen molar-refractivity contribution in [3.8, 4) is 0 Å². The summed E-state index contributed by atoms with van der Waals surface area (Å²) in [6.07, 6.45) is 0. The van der Waals surface area contributed by atoms with Crippen LogP contribution in [-0.4, -0.2) is 14.9 Å². The van der Waals surface area contributed by atoms with Gasteiger partial charge in [-0.25, -0.2) is 0 Å². The van der Waals surface area contributed by atoms with Gasteiger partial charge in [-0.3, -0.25) is 4.52 Å². The normalized spacial score (nSPS) is 16.4. The molecule has 1 aromatic carbocycles. The Kier molecular flexibility index (Phi) is 5.63. The highest BCUT2D eigenvalue weighted by atomic mass is 127. The van der Waals surface area contributed by atoms with E-state index < -0.39 is 23.3 Å². The standard InChI is InChI=1S/C7H7IO6P2/c8-6-3-1-2-5(4-6)7(9,13-15-10)14-16(11)12/h1-4,9-10,15H/p+1. The van der Waals surface area contributed by atoms with E-state index in [1.807, 2.05) is 22.6 Å². The van der Waals surface area contributed by atoms with Crippen molar-refractivity contribution < 1.29 is 28.5 Å². The summed E-state index contributed by atoms with van der Waals surface area (Å²) in [4.78, 5) is 17.2. The molecule has 0 bridgehead atoms. The zero-order valence-corrected chi connectivity index (χ0v) is 11.8. The van der Waals surface area contributed by atoms with Gasteiger partial charge in [0.1, 0.15) is 0 Å². The second-order valence-electron chi connectivity index (χ2n) is 2.61. The molecule has 0 saturated carbocycles. The average Bonchev–Trinajstić information content (AvgIpc) is 2.16. The highest BCUT2D eigenvalue weighted by molar-refractivity contribution is 14.1. The lowest BCUT2D eigenvalue weighted by atomic mass is 10.2. The molecule has 0 heterocycles. The maximum atomic E-state index is 10.6. The molecule has 0 aromatic heterocycles. The lowest BCUT2D eigenvalue weighted by Crippen LogP contribution is -2.27. The molecule has 0 aliphatic rings. The van der Waals surface area contributed by atoms with E-state index in [0.717, 1.165) is 3.57 Å². The largest absolute Gasteiger partial charge is 0.700 e. The molecular formula is C7H8IO6P2+. The van der Waals surface area contributed by atoms with Gasteiger partial charge in [0.25, 0.3) is 0 Å². The predicted molar refractivity (Wildman–Crippen MR) is 65.6 cm³/mol. The van der Waals surface area contributed by atoms with Crippen LogP contribution in [0, 0.1) is 3.57 Å². The van der Waals surface area contributed by atoms with E-state index in [4.69, 9.17) is 9.79 Å². The summed E-state index contributed by atoms with van der Waals surface area (Å²) in [6.45, 7) is 0. The molecule has 0 amide bonds. The molecule has 0 aliphatic heterocycles. The highest BCUT2D eigenvalue weighted by Gasteiger charge is 2.42. The molecule has 3 N–H and O–H groups in total. The minimum atomic E-state index is -3.07.